The molecule has 0 amide bonds. The number of hydrogen-bond donors (Lipinski definition) is 0. The Kier molecular flexibility index (Phi) is 10.6. The molecule has 0 aliphatic heterocycles. The Hall–Kier alpha value is 0.279. The van der Waals surface area contributed by atoms with Gasteiger partial charge < -0.3 is 0 Å². The first-order chi connectivity index (χ1) is 6.35. The van der Waals surface area contributed by atoms with Crippen LogP contribution in [0.2, 0.25) is 4.44 Å². The van der Waals surface area contributed by atoms with Crippen LogP contribution in [0.5, 0.6) is 0 Å². The van der Waals surface area contributed by atoms with Gasteiger partial charge in [0.15, 0.2) is 0 Å². The monoisotopic (exact) mass is 287 g/mol. The molecule has 0 aromatic rings. The first-order valence-electron chi connectivity index (χ1n) is 5.54. The summed E-state index contributed by atoms with van der Waals surface area (Å²) in [5.41, 5.74) is 0. The Morgan fingerprint density at radius 1 is 0.923 bits per heavy atom. The van der Waals surface area contributed by atoms with Crippen LogP contribution in [0.1, 0.15) is 46.5 Å². The summed E-state index contributed by atoms with van der Waals surface area (Å²) in [6.45, 7) is 6.73. The van der Waals surface area contributed by atoms with Gasteiger partial charge in [0, 0.05) is 0 Å². The Labute approximate surface area is 90.9 Å². The molecule has 0 atom stereocenters. The van der Waals surface area contributed by atoms with Crippen LogP contribution < -0.4 is 0 Å². The van der Waals surface area contributed by atoms with Crippen LogP contribution in [-0.2, 0) is 0 Å². The molecule has 0 nitrogen and oxygen atoms in total. The van der Waals surface area contributed by atoms with E-state index in [0.717, 1.165) is 0 Å². The standard InChI is InChI=1S/C4H9.2C4H7.Sn/c3*1-3-4-2;/h1,3-4H2,2H3;2*1,3H,4H2,2H3;/q;;;+1. The van der Waals surface area contributed by atoms with E-state index in [1.165, 1.54) is 30.1 Å². The second kappa shape index (κ2) is 10.4. The zero-order valence-electron chi connectivity index (χ0n) is 9.34. The SMILES string of the molecule is CC/C=[CH]/[Sn+](/[CH]=C/CC)[CH2]CCC. The molecule has 0 unspecified atom stereocenters. The van der Waals surface area contributed by atoms with Gasteiger partial charge in [-0.25, -0.2) is 0 Å². The molecule has 0 saturated heterocycles. The van der Waals surface area contributed by atoms with Crippen LogP contribution >= 0.6 is 0 Å². The van der Waals surface area contributed by atoms with Crippen molar-refractivity contribution in [2.24, 2.45) is 0 Å². The van der Waals surface area contributed by atoms with Gasteiger partial charge >= 0.3 is 91.0 Å². The van der Waals surface area contributed by atoms with Crippen molar-refractivity contribution >= 4 is 19.8 Å². The fourth-order valence-corrected chi connectivity index (χ4v) is 7.66. The molecule has 0 rings (SSSR count). The fourth-order valence-electron chi connectivity index (χ4n) is 1.14. The zero-order chi connectivity index (χ0) is 9.94. The van der Waals surface area contributed by atoms with Crippen molar-refractivity contribution in [2.75, 3.05) is 0 Å². The summed E-state index contributed by atoms with van der Waals surface area (Å²) in [4.78, 5) is 0. The fraction of sp³-hybridized carbons (Fsp3) is 0.667. The van der Waals surface area contributed by atoms with Crippen molar-refractivity contribution in [3.63, 3.8) is 0 Å². The third kappa shape index (κ3) is 8.60. The Morgan fingerprint density at radius 3 is 1.85 bits per heavy atom. The normalized spacial score (nSPS) is 11.6. The maximum atomic E-state index is 2.55. The van der Waals surface area contributed by atoms with Crippen molar-refractivity contribution in [1.82, 2.24) is 0 Å². The molecular formula is C12H23Sn+. The summed E-state index contributed by atoms with van der Waals surface area (Å²) >= 11 is -1.20. The van der Waals surface area contributed by atoms with Crippen LogP contribution in [0.25, 0.3) is 0 Å². The van der Waals surface area contributed by atoms with Gasteiger partial charge in [0.1, 0.15) is 0 Å². The second-order valence-electron chi connectivity index (χ2n) is 3.30. The topological polar surface area (TPSA) is 0 Å². The number of unbranched alkanes of at least 4 members (excludes halogenated alkanes) is 1. The summed E-state index contributed by atoms with van der Waals surface area (Å²) < 4.78 is 6.60. The van der Waals surface area contributed by atoms with Gasteiger partial charge in [-0.1, -0.05) is 0 Å². The maximum absolute atomic E-state index is 2.55. The average molecular weight is 286 g/mol. The van der Waals surface area contributed by atoms with Crippen molar-refractivity contribution in [2.45, 2.75) is 50.9 Å². The Balaban J connectivity index is 3.87. The van der Waals surface area contributed by atoms with Gasteiger partial charge in [0.05, 0.1) is 0 Å². The van der Waals surface area contributed by atoms with Crippen molar-refractivity contribution in [3.05, 3.63) is 20.3 Å². The number of allylic oxidation sites excluding steroid dienone is 2. The Morgan fingerprint density at radius 2 is 1.46 bits per heavy atom. The molecule has 13 heavy (non-hydrogen) atoms. The molecule has 0 heterocycles. The predicted molar refractivity (Wildman–Crippen MR) is 64.3 cm³/mol. The van der Waals surface area contributed by atoms with Gasteiger partial charge in [0.25, 0.3) is 0 Å². The zero-order valence-corrected chi connectivity index (χ0v) is 12.2. The van der Waals surface area contributed by atoms with E-state index >= 15 is 0 Å². The summed E-state index contributed by atoms with van der Waals surface area (Å²) in [5, 5.41) is 0. The molecule has 0 bridgehead atoms. The molecule has 0 saturated carbocycles. The van der Waals surface area contributed by atoms with Gasteiger partial charge in [-0.2, -0.15) is 0 Å². The van der Waals surface area contributed by atoms with Crippen molar-refractivity contribution in [3.8, 4) is 0 Å². The third-order valence-electron chi connectivity index (χ3n) is 1.95. The van der Waals surface area contributed by atoms with E-state index in [1.54, 1.807) is 0 Å². The van der Waals surface area contributed by atoms with E-state index in [2.05, 4.69) is 41.1 Å². The first-order valence-corrected chi connectivity index (χ1v) is 10.8. The Bertz CT molecular complexity index is 133. The van der Waals surface area contributed by atoms with Gasteiger partial charge in [0.2, 0.25) is 0 Å². The van der Waals surface area contributed by atoms with Crippen LogP contribution in [0.3, 0.4) is 0 Å². The first kappa shape index (κ1) is 13.3. The average Bonchev–Trinajstić information content (AvgIpc) is 2.17. The minimum absolute atomic E-state index is 1.20. The van der Waals surface area contributed by atoms with Crippen LogP contribution in [0.15, 0.2) is 20.3 Å². The van der Waals surface area contributed by atoms with E-state index in [9.17, 15) is 0 Å². The van der Waals surface area contributed by atoms with Crippen molar-refractivity contribution in [1.29, 1.82) is 0 Å². The molecule has 0 fully saturated rings. The molecule has 74 valence electrons. The summed E-state index contributed by atoms with van der Waals surface area (Å²) in [7, 11) is 0. The minimum atomic E-state index is -1.20. The summed E-state index contributed by atoms with van der Waals surface area (Å²) in [6, 6.07) is 0. The van der Waals surface area contributed by atoms with Crippen LogP contribution in [-0.4, -0.2) is 19.8 Å². The van der Waals surface area contributed by atoms with Gasteiger partial charge in [-0.05, 0) is 0 Å². The molecule has 0 aromatic carbocycles. The van der Waals surface area contributed by atoms with Gasteiger partial charge in [-0.3, -0.25) is 0 Å². The van der Waals surface area contributed by atoms with E-state index in [4.69, 9.17) is 0 Å². The summed E-state index contributed by atoms with van der Waals surface area (Å²) in [6.07, 6.45) is 9.92. The molecule has 1 heteroatoms. The second-order valence-corrected chi connectivity index (χ2v) is 9.91. The van der Waals surface area contributed by atoms with Crippen molar-refractivity contribution < 1.29 is 0 Å². The molecule has 0 aromatic heterocycles. The molecule has 0 aliphatic rings. The number of hydrogen-bond acceptors (Lipinski definition) is 0. The molecular weight excluding hydrogens is 263 g/mol. The van der Waals surface area contributed by atoms with Crippen LogP contribution in [0.4, 0.5) is 0 Å². The molecule has 0 aliphatic carbocycles. The van der Waals surface area contributed by atoms with Gasteiger partial charge in [-0.15, -0.1) is 0 Å². The predicted octanol–water partition coefficient (Wildman–Crippen LogP) is 4.29. The molecule has 0 N–H and O–H groups in total. The van der Waals surface area contributed by atoms with E-state index in [0.29, 0.717) is 0 Å². The molecule has 0 spiro atoms. The van der Waals surface area contributed by atoms with E-state index in [-0.39, 0.29) is 0 Å². The molecule has 0 radical (unpaired) electrons. The van der Waals surface area contributed by atoms with E-state index < -0.39 is 19.8 Å². The third-order valence-corrected chi connectivity index (χ3v) is 8.40. The quantitative estimate of drug-likeness (QED) is 0.612. The van der Waals surface area contributed by atoms with E-state index in [1.807, 2.05) is 0 Å². The number of rotatable bonds is 7. The van der Waals surface area contributed by atoms with Crippen LogP contribution in [0, 0.1) is 0 Å². The summed E-state index contributed by atoms with van der Waals surface area (Å²) in [5.74, 6) is 0.